The summed E-state index contributed by atoms with van der Waals surface area (Å²) in [6, 6.07) is 16.4. The Bertz CT molecular complexity index is 1350. The number of carbonyl (C=O) groups is 2. The lowest BCUT2D eigenvalue weighted by atomic mass is 10.1. The number of fused-ring (bicyclic) bond motifs is 1. The van der Waals surface area contributed by atoms with Crippen LogP contribution in [0.4, 0.5) is 10.2 Å². The van der Waals surface area contributed by atoms with Crippen LogP contribution in [-0.4, -0.2) is 61.9 Å². The van der Waals surface area contributed by atoms with Gasteiger partial charge in [-0.25, -0.2) is 23.9 Å². The molecule has 2 N–H and O–H groups in total. The summed E-state index contributed by atoms with van der Waals surface area (Å²) in [7, 11) is 0. The number of benzene rings is 2. The van der Waals surface area contributed by atoms with Gasteiger partial charge in [-0.05, 0) is 24.3 Å². The van der Waals surface area contributed by atoms with Crippen LogP contribution in [0, 0.1) is 0 Å². The fourth-order valence-corrected chi connectivity index (χ4v) is 3.70. The molecule has 178 valence electrons. The van der Waals surface area contributed by atoms with Gasteiger partial charge < -0.3 is 19.9 Å². The number of hydrogen-bond acceptors (Lipinski definition) is 10. The Labute approximate surface area is 197 Å². The predicted molar refractivity (Wildman–Crippen MR) is 119 cm³/mol. The van der Waals surface area contributed by atoms with Crippen molar-refractivity contribution in [1.29, 1.82) is 0 Å². The number of nitrogens with zero attached hydrogens (tertiary/aromatic N) is 5. The van der Waals surface area contributed by atoms with Crippen molar-refractivity contribution in [1.82, 2.24) is 25.0 Å². The lowest BCUT2D eigenvalue weighted by molar-refractivity contribution is -0.0606. The number of rotatable bonds is 6. The van der Waals surface area contributed by atoms with Gasteiger partial charge in [-0.2, -0.15) is 4.68 Å². The molecule has 0 bridgehead atoms. The van der Waals surface area contributed by atoms with Crippen molar-refractivity contribution in [3.8, 4) is 0 Å². The fraction of sp³-hybridized carbons (Fsp3) is 0.217. The number of hydrogen-bond donors (Lipinski definition) is 1. The first-order chi connectivity index (χ1) is 17.0. The third kappa shape index (κ3) is 4.38. The molecule has 2 aromatic carbocycles. The molecule has 12 heteroatoms. The molecule has 0 amide bonds. The Kier molecular flexibility index (Phi) is 6.02. The summed E-state index contributed by atoms with van der Waals surface area (Å²) in [5, 5.41) is 7.80. The summed E-state index contributed by atoms with van der Waals surface area (Å²) in [6.07, 6.45) is -4.61. The molecule has 0 spiro atoms. The number of nitrogens with two attached hydrogens (primary N) is 1. The minimum absolute atomic E-state index is 0.0649. The Morgan fingerprint density at radius 1 is 1.00 bits per heavy atom. The van der Waals surface area contributed by atoms with Gasteiger partial charge in [0.1, 0.15) is 19.0 Å². The number of halogens is 1. The molecule has 1 aliphatic heterocycles. The van der Waals surface area contributed by atoms with E-state index in [-0.39, 0.29) is 29.2 Å². The third-order valence-corrected chi connectivity index (χ3v) is 5.44. The van der Waals surface area contributed by atoms with Crippen LogP contribution in [-0.2, 0) is 14.2 Å². The van der Waals surface area contributed by atoms with Crippen molar-refractivity contribution in [2.75, 3.05) is 12.3 Å². The van der Waals surface area contributed by atoms with Crippen molar-refractivity contribution in [2.24, 2.45) is 0 Å². The molecule has 0 unspecified atom stereocenters. The van der Waals surface area contributed by atoms with Crippen LogP contribution in [0.3, 0.4) is 0 Å². The van der Waals surface area contributed by atoms with Gasteiger partial charge in [0.25, 0.3) is 0 Å². The minimum atomic E-state index is -1.89. The van der Waals surface area contributed by atoms with Crippen LogP contribution in [0.5, 0.6) is 0 Å². The van der Waals surface area contributed by atoms with Gasteiger partial charge in [-0.15, -0.1) is 5.10 Å². The van der Waals surface area contributed by atoms with Gasteiger partial charge in [0.05, 0.1) is 11.1 Å². The van der Waals surface area contributed by atoms with Gasteiger partial charge >= 0.3 is 11.9 Å². The molecule has 3 heterocycles. The average molecular weight is 478 g/mol. The molecular formula is C23H19FN6O5. The van der Waals surface area contributed by atoms with Gasteiger partial charge in [-0.1, -0.05) is 41.6 Å². The Morgan fingerprint density at radius 3 is 2.34 bits per heavy atom. The molecule has 4 atom stereocenters. The summed E-state index contributed by atoms with van der Waals surface area (Å²) in [4.78, 5) is 33.0. The van der Waals surface area contributed by atoms with Gasteiger partial charge in [-0.3, -0.25) is 0 Å². The van der Waals surface area contributed by atoms with Crippen LogP contribution in [0.25, 0.3) is 11.2 Å². The summed E-state index contributed by atoms with van der Waals surface area (Å²) in [6.45, 7) is -0.374. The smallest absolute Gasteiger partial charge is 0.338 e. The first-order valence-electron chi connectivity index (χ1n) is 10.6. The fourth-order valence-electron chi connectivity index (χ4n) is 3.70. The SMILES string of the molecule is Nc1ncnc2c1nnn2[C@@H]1O[C@H](COC(=O)c2ccccc2)[C@@H](OC(=O)c2ccccc2)[C@@H]1F. The summed E-state index contributed by atoms with van der Waals surface area (Å²) in [5.74, 6) is -1.32. The van der Waals surface area contributed by atoms with Crippen molar-refractivity contribution in [3.63, 3.8) is 0 Å². The van der Waals surface area contributed by atoms with Crippen LogP contribution < -0.4 is 5.73 Å². The minimum Gasteiger partial charge on any atom is -0.459 e. The second-order valence-corrected chi connectivity index (χ2v) is 7.68. The molecule has 1 aliphatic rings. The van der Waals surface area contributed by atoms with Crippen molar-refractivity contribution < 1.29 is 28.2 Å². The second-order valence-electron chi connectivity index (χ2n) is 7.68. The number of ether oxygens (including phenoxy) is 3. The van der Waals surface area contributed by atoms with Crippen molar-refractivity contribution in [2.45, 2.75) is 24.6 Å². The predicted octanol–water partition coefficient (Wildman–Crippen LogP) is 2.12. The zero-order chi connectivity index (χ0) is 24.4. The highest BCUT2D eigenvalue weighted by Gasteiger charge is 2.50. The molecule has 0 saturated carbocycles. The van der Waals surface area contributed by atoms with E-state index in [2.05, 4.69) is 20.3 Å². The number of anilines is 1. The van der Waals surface area contributed by atoms with Gasteiger partial charge in [0, 0.05) is 0 Å². The monoisotopic (exact) mass is 478 g/mol. The standard InChI is InChI=1S/C23H19FN6O5/c24-16-18(35-23(32)14-9-5-2-6-10-14)15(11-33-22(31)13-7-3-1-4-8-13)34-21(16)30-20-17(28-29-30)19(25)26-12-27-20/h1-10,12,15-16,18,21H,11H2,(H2,25,26,27)/t15-,16+,18-,21-/m1/s1. The maximum atomic E-state index is 15.7. The zero-order valence-corrected chi connectivity index (χ0v) is 18.1. The normalized spacial score (nSPS) is 21.6. The van der Waals surface area contributed by atoms with E-state index in [1.54, 1.807) is 48.5 Å². The number of aromatic nitrogens is 5. The lowest BCUT2D eigenvalue weighted by Gasteiger charge is -2.19. The van der Waals surface area contributed by atoms with Gasteiger partial charge in [0.2, 0.25) is 0 Å². The van der Waals surface area contributed by atoms with E-state index in [1.165, 1.54) is 18.5 Å². The number of carbonyl (C=O) groups excluding carboxylic acids is 2. The Morgan fingerprint density at radius 2 is 1.66 bits per heavy atom. The molecule has 0 radical (unpaired) electrons. The van der Waals surface area contributed by atoms with E-state index < -0.39 is 36.5 Å². The summed E-state index contributed by atoms with van der Waals surface area (Å²) >= 11 is 0. The Balaban J connectivity index is 1.40. The van der Waals surface area contributed by atoms with Crippen LogP contribution in [0.2, 0.25) is 0 Å². The average Bonchev–Trinajstić information content (AvgIpc) is 3.45. The van der Waals surface area contributed by atoms with E-state index >= 15 is 4.39 Å². The largest absolute Gasteiger partial charge is 0.459 e. The maximum absolute atomic E-state index is 15.7. The molecule has 4 aromatic rings. The van der Waals surface area contributed by atoms with E-state index in [4.69, 9.17) is 19.9 Å². The first kappa shape index (κ1) is 22.3. The quantitative estimate of drug-likeness (QED) is 0.409. The Hall–Kier alpha value is -4.45. The molecular weight excluding hydrogens is 459 g/mol. The molecule has 1 saturated heterocycles. The third-order valence-electron chi connectivity index (χ3n) is 5.44. The lowest BCUT2D eigenvalue weighted by Crippen LogP contribution is -2.37. The van der Waals surface area contributed by atoms with Crippen molar-refractivity contribution in [3.05, 3.63) is 78.1 Å². The molecule has 1 fully saturated rings. The second kappa shape index (κ2) is 9.43. The molecule has 2 aromatic heterocycles. The van der Waals surface area contributed by atoms with Crippen molar-refractivity contribution >= 4 is 28.9 Å². The van der Waals surface area contributed by atoms with E-state index in [0.717, 1.165) is 4.68 Å². The van der Waals surface area contributed by atoms with Crippen LogP contribution in [0.1, 0.15) is 26.9 Å². The zero-order valence-electron chi connectivity index (χ0n) is 18.1. The number of esters is 2. The maximum Gasteiger partial charge on any atom is 0.338 e. The topological polar surface area (TPSA) is 144 Å². The highest BCUT2D eigenvalue weighted by atomic mass is 19.1. The summed E-state index contributed by atoms with van der Waals surface area (Å²) < 4.78 is 33.5. The highest BCUT2D eigenvalue weighted by Crippen LogP contribution is 2.35. The van der Waals surface area contributed by atoms with Gasteiger partial charge in [0.15, 0.2) is 35.5 Å². The number of alkyl halides is 1. The van der Waals surface area contributed by atoms with E-state index in [1.807, 2.05) is 0 Å². The van der Waals surface area contributed by atoms with Crippen LogP contribution in [0.15, 0.2) is 67.0 Å². The molecule has 5 rings (SSSR count). The molecule has 35 heavy (non-hydrogen) atoms. The highest BCUT2D eigenvalue weighted by molar-refractivity contribution is 5.90. The van der Waals surface area contributed by atoms with Crippen LogP contribution >= 0.6 is 0 Å². The van der Waals surface area contributed by atoms with E-state index in [9.17, 15) is 9.59 Å². The summed E-state index contributed by atoms with van der Waals surface area (Å²) in [5.41, 5.74) is 6.64. The molecule has 11 nitrogen and oxygen atoms in total. The molecule has 0 aliphatic carbocycles. The number of nitrogen functional groups attached to an aromatic ring is 1. The van der Waals surface area contributed by atoms with E-state index in [0.29, 0.717) is 5.56 Å². The first-order valence-corrected chi connectivity index (χ1v) is 10.6.